The van der Waals surface area contributed by atoms with Gasteiger partial charge in [-0.3, -0.25) is 0 Å². The van der Waals surface area contributed by atoms with E-state index < -0.39 is 6.43 Å². The normalized spacial score (nSPS) is 24.4. The number of alkyl halides is 2. The van der Waals surface area contributed by atoms with E-state index in [9.17, 15) is 8.78 Å². The predicted molar refractivity (Wildman–Crippen MR) is 69.7 cm³/mol. The van der Waals surface area contributed by atoms with Gasteiger partial charge in [-0.15, -0.1) is 0 Å². The quantitative estimate of drug-likeness (QED) is 0.844. The molecule has 0 heterocycles. The molecule has 0 bridgehead atoms. The summed E-state index contributed by atoms with van der Waals surface area (Å²) < 4.78 is 24.8. The van der Waals surface area contributed by atoms with Crippen LogP contribution >= 0.6 is 0 Å². The highest BCUT2D eigenvalue weighted by atomic mass is 19.3. The lowest BCUT2D eigenvalue weighted by molar-refractivity contribution is 0.151. The standard InChI is InChI=1S/C15H21F2N/c1-11-3-2-4-14(9-11)18-10-12-5-7-13(8-6-12)15(16)17/h5-8,11,14-15,18H,2-4,9-10H2,1H3. The largest absolute Gasteiger partial charge is 0.310 e. The fraction of sp³-hybridized carbons (Fsp3) is 0.600. The maximum absolute atomic E-state index is 12.4. The van der Waals surface area contributed by atoms with Gasteiger partial charge in [-0.05, 0) is 24.3 Å². The van der Waals surface area contributed by atoms with E-state index >= 15 is 0 Å². The molecule has 1 aliphatic carbocycles. The summed E-state index contributed by atoms with van der Waals surface area (Å²) in [5.41, 5.74) is 1.18. The molecule has 1 N–H and O–H groups in total. The van der Waals surface area contributed by atoms with E-state index in [2.05, 4.69) is 12.2 Å². The summed E-state index contributed by atoms with van der Waals surface area (Å²) in [6.07, 6.45) is 2.73. The van der Waals surface area contributed by atoms with Crippen LogP contribution < -0.4 is 5.32 Å². The van der Waals surface area contributed by atoms with Gasteiger partial charge in [0, 0.05) is 18.2 Å². The molecule has 3 heteroatoms. The van der Waals surface area contributed by atoms with Crippen LogP contribution in [0.5, 0.6) is 0 Å². The fourth-order valence-electron chi connectivity index (χ4n) is 2.66. The third-order valence-corrected chi connectivity index (χ3v) is 3.76. The van der Waals surface area contributed by atoms with Crippen LogP contribution in [-0.2, 0) is 6.54 Å². The first-order valence-corrected chi connectivity index (χ1v) is 6.75. The Kier molecular flexibility index (Phi) is 4.70. The second-order valence-electron chi connectivity index (χ2n) is 5.39. The van der Waals surface area contributed by atoms with Crippen LogP contribution in [0.3, 0.4) is 0 Å². The van der Waals surface area contributed by atoms with Gasteiger partial charge in [-0.2, -0.15) is 0 Å². The SMILES string of the molecule is CC1CCCC(NCc2ccc(C(F)F)cc2)C1. The van der Waals surface area contributed by atoms with E-state index in [1.807, 2.05) is 0 Å². The summed E-state index contributed by atoms with van der Waals surface area (Å²) in [6.45, 7) is 3.08. The maximum Gasteiger partial charge on any atom is 0.263 e. The van der Waals surface area contributed by atoms with E-state index in [0.29, 0.717) is 6.04 Å². The molecule has 2 atom stereocenters. The van der Waals surface area contributed by atoms with E-state index in [1.54, 1.807) is 12.1 Å². The molecule has 1 saturated carbocycles. The Morgan fingerprint density at radius 1 is 1.22 bits per heavy atom. The molecular weight excluding hydrogens is 232 g/mol. The fourth-order valence-corrected chi connectivity index (χ4v) is 2.66. The lowest BCUT2D eigenvalue weighted by Gasteiger charge is -2.27. The lowest BCUT2D eigenvalue weighted by Crippen LogP contribution is -2.33. The van der Waals surface area contributed by atoms with Gasteiger partial charge in [0.2, 0.25) is 0 Å². The Morgan fingerprint density at radius 2 is 1.94 bits per heavy atom. The van der Waals surface area contributed by atoms with E-state index in [1.165, 1.54) is 37.8 Å². The molecule has 0 radical (unpaired) electrons. The second kappa shape index (κ2) is 6.28. The molecule has 100 valence electrons. The monoisotopic (exact) mass is 253 g/mol. The lowest BCUT2D eigenvalue weighted by atomic mass is 9.87. The van der Waals surface area contributed by atoms with Crippen LogP contribution in [0.25, 0.3) is 0 Å². The molecule has 0 spiro atoms. The van der Waals surface area contributed by atoms with Gasteiger partial charge in [0.1, 0.15) is 0 Å². The van der Waals surface area contributed by atoms with Crippen LogP contribution in [0.15, 0.2) is 24.3 Å². The van der Waals surface area contributed by atoms with Gasteiger partial charge in [0.05, 0.1) is 0 Å². The van der Waals surface area contributed by atoms with Gasteiger partial charge in [0.25, 0.3) is 6.43 Å². The van der Waals surface area contributed by atoms with Crippen molar-refractivity contribution in [3.63, 3.8) is 0 Å². The van der Waals surface area contributed by atoms with Gasteiger partial charge in [-0.1, -0.05) is 44.0 Å². The Labute approximate surface area is 108 Å². The van der Waals surface area contributed by atoms with Crippen molar-refractivity contribution in [3.8, 4) is 0 Å². The second-order valence-corrected chi connectivity index (χ2v) is 5.39. The molecule has 1 aromatic carbocycles. The maximum atomic E-state index is 12.4. The van der Waals surface area contributed by atoms with Gasteiger partial charge in [0.15, 0.2) is 0 Å². The summed E-state index contributed by atoms with van der Waals surface area (Å²) in [6, 6.07) is 7.21. The average Bonchev–Trinajstić information content (AvgIpc) is 2.37. The van der Waals surface area contributed by atoms with Crippen LogP contribution in [-0.4, -0.2) is 6.04 Å². The highest BCUT2D eigenvalue weighted by Gasteiger charge is 2.18. The third kappa shape index (κ3) is 3.77. The minimum atomic E-state index is -2.37. The van der Waals surface area contributed by atoms with Crippen molar-refractivity contribution in [2.45, 2.75) is 51.6 Å². The molecule has 0 aromatic heterocycles. The van der Waals surface area contributed by atoms with Crippen LogP contribution in [0.4, 0.5) is 8.78 Å². The van der Waals surface area contributed by atoms with Gasteiger partial charge < -0.3 is 5.32 Å². The molecule has 2 unspecified atom stereocenters. The highest BCUT2D eigenvalue weighted by molar-refractivity contribution is 5.23. The molecule has 1 nitrogen and oxygen atoms in total. The zero-order valence-corrected chi connectivity index (χ0v) is 10.8. The number of hydrogen-bond donors (Lipinski definition) is 1. The van der Waals surface area contributed by atoms with Gasteiger partial charge >= 0.3 is 0 Å². The summed E-state index contributed by atoms with van der Waals surface area (Å²) in [4.78, 5) is 0. The molecule has 1 aromatic rings. The molecule has 1 fully saturated rings. The molecule has 0 saturated heterocycles. The number of halogens is 2. The molecule has 2 rings (SSSR count). The summed E-state index contributed by atoms with van der Waals surface area (Å²) in [5.74, 6) is 0.803. The molecule has 18 heavy (non-hydrogen) atoms. The molecular formula is C15H21F2N. The predicted octanol–water partition coefficient (Wildman–Crippen LogP) is 4.29. The van der Waals surface area contributed by atoms with E-state index in [4.69, 9.17) is 0 Å². The first kappa shape index (κ1) is 13.5. The van der Waals surface area contributed by atoms with Crippen molar-refractivity contribution in [3.05, 3.63) is 35.4 Å². The summed E-state index contributed by atoms with van der Waals surface area (Å²) in [7, 11) is 0. The van der Waals surface area contributed by atoms with E-state index in [0.717, 1.165) is 18.0 Å². The number of benzene rings is 1. The Bertz CT molecular complexity index is 361. The van der Waals surface area contributed by atoms with Crippen molar-refractivity contribution in [2.24, 2.45) is 5.92 Å². The van der Waals surface area contributed by atoms with Crippen LogP contribution in [0.2, 0.25) is 0 Å². The average molecular weight is 253 g/mol. The van der Waals surface area contributed by atoms with E-state index in [-0.39, 0.29) is 5.56 Å². The minimum absolute atomic E-state index is 0.102. The van der Waals surface area contributed by atoms with Crippen LogP contribution in [0.1, 0.15) is 50.2 Å². The third-order valence-electron chi connectivity index (χ3n) is 3.76. The van der Waals surface area contributed by atoms with Crippen LogP contribution in [0, 0.1) is 5.92 Å². The van der Waals surface area contributed by atoms with Gasteiger partial charge in [-0.25, -0.2) is 8.78 Å². The zero-order valence-electron chi connectivity index (χ0n) is 10.8. The first-order valence-electron chi connectivity index (χ1n) is 6.75. The summed E-state index contributed by atoms with van der Waals surface area (Å²) in [5, 5.41) is 3.53. The molecule has 0 amide bonds. The number of nitrogens with one attached hydrogen (secondary N) is 1. The molecule has 1 aliphatic rings. The van der Waals surface area contributed by atoms with Crippen molar-refractivity contribution < 1.29 is 8.78 Å². The molecule has 0 aliphatic heterocycles. The van der Waals surface area contributed by atoms with Crippen molar-refractivity contribution in [1.82, 2.24) is 5.32 Å². The Hall–Kier alpha value is -0.960. The van der Waals surface area contributed by atoms with Crippen molar-refractivity contribution in [2.75, 3.05) is 0 Å². The minimum Gasteiger partial charge on any atom is -0.310 e. The Balaban J connectivity index is 1.82. The van der Waals surface area contributed by atoms with Crippen molar-refractivity contribution >= 4 is 0 Å². The smallest absolute Gasteiger partial charge is 0.263 e. The topological polar surface area (TPSA) is 12.0 Å². The van der Waals surface area contributed by atoms with Crippen molar-refractivity contribution in [1.29, 1.82) is 0 Å². The Morgan fingerprint density at radius 3 is 2.56 bits per heavy atom. The zero-order chi connectivity index (χ0) is 13.0. The highest BCUT2D eigenvalue weighted by Crippen LogP contribution is 2.24. The summed E-state index contributed by atoms with van der Waals surface area (Å²) >= 11 is 0. The first-order chi connectivity index (χ1) is 8.65. The number of hydrogen-bond acceptors (Lipinski definition) is 1. The number of rotatable bonds is 4.